The van der Waals surface area contributed by atoms with Crippen molar-refractivity contribution in [1.82, 2.24) is 10.2 Å². The Balaban J connectivity index is 2.39. The lowest BCUT2D eigenvalue weighted by Crippen LogP contribution is -2.29. The number of benzene rings is 2. The van der Waals surface area contributed by atoms with Gasteiger partial charge in [0.25, 0.3) is 0 Å². The molecule has 2 rings (SSSR count). The smallest absolute Gasteiger partial charge is 0.122 e. The lowest BCUT2D eigenvalue weighted by molar-refractivity contribution is 0.252. The first-order valence-corrected chi connectivity index (χ1v) is 13.0. The van der Waals surface area contributed by atoms with Gasteiger partial charge in [0.15, 0.2) is 0 Å². The van der Waals surface area contributed by atoms with E-state index in [0.717, 1.165) is 50.3 Å². The van der Waals surface area contributed by atoms with Gasteiger partial charge in [-0.1, -0.05) is 70.5 Å². The average molecular weight is 465 g/mol. The normalized spacial score (nSPS) is 12.4. The Hall–Kier alpha value is -2.10. The van der Waals surface area contributed by atoms with Gasteiger partial charge in [-0.15, -0.1) is 0 Å². The summed E-state index contributed by atoms with van der Waals surface area (Å²) >= 11 is 0. The first-order chi connectivity index (χ1) is 16.0. The van der Waals surface area contributed by atoms with Crippen molar-refractivity contribution in [3.8, 4) is 5.75 Å². The third-order valence-electron chi connectivity index (χ3n) is 6.63. The summed E-state index contributed by atoms with van der Waals surface area (Å²) in [7, 11) is 0. The van der Waals surface area contributed by atoms with Crippen molar-refractivity contribution in [1.29, 1.82) is 0 Å². The van der Waals surface area contributed by atoms with E-state index in [2.05, 4.69) is 95.9 Å². The molecule has 0 fully saturated rings. The number of aryl methyl sites for hydroxylation is 1. The second-order valence-electron chi connectivity index (χ2n) is 10.7. The average Bonchev–Trinajstić information content (AvgIpc) is 2.76. The van der Waals surface area contributed by atoms with Gasteiger partial charge in [-0.2, -0.15) is 0 Å². The van der Waals surface area contributed by atoms with E-state index < -0.39 is 0 Å². The molecule has 188 valence electrons. The minimum atomic E-state index is 0.440. The number of aromatic hydroxyl groups is 1. The number of rotatable bonds is 12. The molecule has 34 heavy (non-hydrogen) atoms. The molecular weight excluding hydrogens is 416 g/mol. The van der Waals surface area contributed by atoms with Crippen LogP contribution in [0.15, 0.2) is 35.9 Å². The van der Waals surface area contributed by atoms with Crippen LogP contribution < -0.4 is 5.32 Å². The Kier molecular flexibility index (Phi) is 10.9. The van der Waals surface area contributed by atoms with E-state index in [1.165, 1.54) is 33.4 Å². The van der Waals surface area contributed by atoms with E-state index in [1.807, 2.05) is 6.92 Å². The molecule has 0 aromatic heterocycles. The first-order valence-electron chi connectivity index (χ1n) is 13.0. The SMILES string of the molecule is C/C=C(\C)CN(Cc1cc(Cc2cc(CNCC)c(C)c(C(C)C)c2)cc(C)c1O)CC(C)C. The molecule has 2 aromatic rings. The molecule has 0 unspecified atom stereocenters. The topological polar surface area (TPSA) is 35.5 Å². The number of allylic oxidation sites excluding steroid dienone is 1. The van der Waals surface area contributed by atoms with Crippen molar-refractivity contribution in [2.45, 2.75) is 87.7 Å². The van der Waals surface area contributed by atoms with Crippen molar-refractivity contribution < 1.29 is 5.11 Å². The molecule has 3 nitrogen and oxygen atoms in total. The molecule has 2 aromatic carbocycles. The van der Waals surface area contributed by atoms with Crippen LogP contribution in [0.2, 0.25) is 0 Å². The Morgan fingerprint density at radius 2 is 1.68 bits per heavy atom. The van der Waals surface area contributed by atoms with Gasteiger partial charge in [-0.25, -0.2) is 0 Å². The third-order valence-corrected chi connectivity index (χ3v) is 6.63. The lowest BCUT2D eigenvalue weighted by Gasteiger charge is -2.26. The largest absolute Gasteiger partial charge is 0.507 e. The van der Waals surface area contributed by atoms with Crippen LogP contribution >= 0.6 is 0 Å². The van der Waals surface area contributed by atoms with Gasteiger partial charge in [-0.3, -0.25) is 4.90 Å². The van der Waals surface area contributed by atoms with Gasteiger partial charge in [0, 0.05) is 31.7 Å². The molecule has 2 N–H and O–H groups in total. The molecule has 0 aliphatic carbocycles. The van der Waals surface area contributed by atoms with E-state index in [-0.39, 0.29) is 0 Å². The zero-order chi connectivity index (χ0) is 25.4. The highest BCUT2D eigenvalue weighted by Gasteiger charge is 2.15. The summed E-state index contributed by atoms with van der Waals surface area (Å²) in [4.78, 5) is 2.45. The molecule has 0 saturated heterocycles. The number of hydrogen-bond acceptors (Lipinski definition) is 3. The number of nitrogens with zero attached hydrogens (tertiary/aromatic N) is 1. The molecule has 3 heteroatoms. The maximum absolute atomic E-state index is 10.9. The molecule has 0 atom stereocenters. The molecule has 0 aliphatic rings. The predicted molar refractivity (Wildman–Crippen MR) is 148 cm³/mol. The number of hydrogen-bond donors (Lipinski definition) is 2. The van der Waals surface area contributed by atoms with Gasteiger partial charge in [0.05, 0.1) is 0 Å². The third kappa shape index (κ3) is 7.99. The van der Waals surface area contributed by atoms with Crippen LogP contribution in [0.3, 0.4) is 0 Å². The zero-order valence-corrected chi connectivity index (χ0v) is 23.2. The number of phenols is 1. The Labute approximate surface area is 209 Å². The fourth-order valence-electron chi connectivity index (χ4n) is 4.79. The second kappa shape index (κ2) is 13.1. The first kappa shape index (κ1) is 28.1. The van der Waals surface area contributed by atoms with Gasteiger partial charge < -0.3 is 10.4 Å². The summed E-state index contributed by atoms with van der Waals surface area (Å²) in [6.45, 7) is 24.4. The lowest BCUT2D eigenvalue weighted by atomic mass is 9.89. The molecule has 0 spiro atoms. The van der Waals surface area contributed by atoms with E-state index in [4.69, 9.17) is 0 Å². The standard InChI is InChI=1S/C31H48N2O/c1-10-23(7)19-33(18-21(3)4)20-29-15-26(12-24(8)31(29)34)13-27-14-28(17-32-11-2)25(9)30(16-27)22(5)6/h10,12,14-16,21-22,32,34H,11,13,17-20H2,1-9H3/b23-10+. The quantitative estimate of drug-likeness (QED) is 0.325. The molecule has 0 amide bonds. The Bertz CT molecular complexity index is 972. The van der Waals surface area contributed by atoms with Crippen LogP contribution in [0, 0.1) is 19.8 Å². The van der Waals surface area contributed by atoms with Crippen molar-refractivity contribution >= 4 is 0 Å². The van der Waals surface area contributed by atoms with E-state index in [9.17, 15) is 5.11 Å². The molecule has 0 aliphatic heterocycles. The van der Waals surface area contributed by atoms with Crippen molar-refractivity contribution in [3.05, 3.63) is 74.9 Å². The fourth-order valence-corrected chi connectivity index (χ4v) is 4.79. The van der Waals surface area contributed by atoms with Crippen molar-refractivity contribution in [3.63, 3.8) is 0 Å². The monoisotopic (exact) mass is 464 g/mol. The summed E-state index contributed by atoms with van der Waals surface area (Å²) < 4.78 is 0. The maximum Gasteiger partial charge on any atom is 0.122 e. The van der Waals surface area contributed by atoms with E-state index in [0.29, 0.717) is 17.6 Å². The Morgan fingerprint density at radius 1 is 1.03 bits per heavy atom. The van der Waals surface area contributed by atoms with E-state index >= 15 is 0 Å². The van der Waals surface area contributed by atoms with Crippen LogP contribution in [-0.4, -0.2) is 29.6 Å². The van der Waals surface area contributed by atoms with Crippen LogP contribution in [0.1, 0.15) is 93.3 Å². The summed E-state index contributed by atoms with van der Waals surface area (Å²) in [5.41, 5.74) is 10.2. The van der Waals surface area contributed by atoms with Crippen LogP contribution in [0.5, 0.6) is 5.75 Å². The molecular formula is C31H48N2O. The Morgan fingerprint density at radius 3 is 2.26 bits per heavy atom. The van der Waals surface area contributed by atoms with Gasteiger partial charge in [-0.05, 0) is 85.9 Å². The summed E-state index contributed by atoms with van der Waals surface area (Å²) in [6.07, 6.45) is 3.06. The van der Waals surface area contributed by atoms with Crippen molar-refractivity contribution in [2.75, 3.05) is 19.6 Å². The predicted octanol–water partition coefficient (Wildman–Crippen LogP) is 7.26. The number of phenolic OH excluding ortho intramolecular Hbond substituents is 1. The maximum atomic E-state index is 10.9. The van der Waals surface area contributed by atoms with Crippen LogP contribution in [-0.2, 0) is 19.5 Å². The molecule has 0 radical (unpaired) electrons. The highest BCUT2D eigenvalue weighted by Crippen LogP contribution is 2.29. The summed E-state index contributed by atoms with van der Waals surface area (Å²) in [6, 6.07) is 9.13. The molecule has 0 bridgehead atoms. The zero-order valence-electron chi connectivity index (χ0n) is 23.2. The minimum absolute atomic E-state index is 0.440. The highest BCUT2D eigenvalue weighted by molar-refractivity contribution is 5.46. The molecule has 0 heterocycles. The van der Waals surface area contributed by atoms with Gasteiger partial charge >= 0.3 is 0 Å². The van der Waals surface area contributed by atoms with Crippen molar-refractivity contribution in [2.24, 2.45) is 5.92 Å². The van der Waals surface area contributed by atoms with Gasteiger partial charge in [0.1, 0.15) is 5.75 Å². The second-order valence-corrected chi connectivity index (χ2v) is 10.7. The minimum Gasteiger partial charge on any atom is -0.507 e. The van der Waals surface area contributed by atoms with Gasteiger partial charge in [0.2, 0.25) is 0 Å². The van der Waals surface area contributed by atoms with Crippen LogP contribution in [0.4, 0.5) is 0 Å². The fraction of sp³-hybridized carbons (Fsp3) is 0.548. The van der Waals surface area contributed by atoms with Crippen LogP contribution in [0.25, 0.3) is 0 Å². The summed E-state index contributed by atoms with van der Waals surface area (Å²) in [5, 5.41) is 14.4. The highest BCUT2D eigenvalue weighted by atomic mass is 16.3. The van der Waals surface area contributed by atoms with E-state index in [1.54, 1.807) is 0 Å². The summed E-state index contributed by atoms with van der Waals surface area (Å²) in [5.74, 6) is 1.51. The number of nitrogens with one attached hydrogen (secondary N) is 1. The molecule has 0 saturated carbocycles.